The second-order valence-corrected chi connectivity index (χ2v) is 6.81. The molecule has 1 aromatic heterocycles. The van der Waals surface area contributed by atoms with Gasteiger partial charge in [0.05, 0.1) is 9.77 Å². The van der Waals surface area contributed by atoms with Crippen LogP contribution in [0.4, 0.5) is 8.78 Å². The Morgan fingerprint density at radius 2 is 2.11 bits per heavy atom. The van der Waals surface area contributed by atoms with Crippen molar-refractivity contribution in [2.75, 3.05) is 0 Å². The van der Waals surface area contributed by atoms with Gasteiger partial charge in [0, 0.05) is 18.0 Å². The van der Waals surface area contributed by atoms with E-state index < -0.39 is 27.9 Å². The first-order chi connectivity index (χ1) is 8.23. The monoisotopic (exact) mass is 294 g/mol. The third kappa shape index (κ3) is 3.81. The molecule has 0 N–H and O–H groups in total. The van der Waals surface area contributed by atoms with E-state index in [2.05, 4.69) is 9.38 Å². The second-order valence-electron chi connectivity index (χ2n) is 4.50. The summed E-state index contributed by atoms with van der Waals surface area (Å²) in [4.78, 5) is 3.49. The minimum atomic E-state index is -2.75. The van der Waals surface area contributed by atoms with E-state index in [-0.39, 0.29) is 10.6 Å². The highest BCUT2D eigenvalue weighted by atomic mass is 35.5. The summed E-state index contributed by atoms with van der Waals surface area (Å²) in [5.41, 5.74) is -0.221. The zero-order chi connectivity index (χ0) is 13.9. The molecule has 0 saturated carbocycles. The van der Waals surface area contributed by atoms with E-state index in [0.29, 0.717) is 0 Å². The number of alkyl halides is 2. The Labute approximate surface area is 112 Å². The number of aromatic nitrogens is 1. The number of rotatable bonds is 3. The van der Waals surface area contributed by atoms with Crippen LogP contribution in [-0.4, -0.2) is 20.2 Å². The summed E-state index contributed by atoms with van der Waals surface area (Å²) >= 11 is 5.77. The normalized spacial score (nSPS) is 14.4. The molecule has 100 valence electrons. The van der Waals surface area contributed by atoms with Crippen molar-refractivity contribution in [1.29, 1.82) is 0 Å². The van der Waals surface area contributed by atoms with E-state index in [0.717, 1.165) is 0 Å². The predicted octanol–water partition coefficient (Wildman–Crippen LogP) is 3.55. The first kappa shape index (κ1) is 15.2. The average molecular weight is 295 g/mol. The van der Waals surface area contributed by atoms with Crippen LogP contribution in [0.3, 0.4) is 0 Å². The molecular weight excluding hydrogens is 282 g/mol. The topological polar surface area (TPSA) is 42.3 Å². The highest BCUT2D eigenvalue weighted by molar-refractivity contribution is 7.85. The van der Waals surface area contributed by atoms with Gasteiger partial charge in [0.15, 0.2) is 0 Å². The van der Waals surface area contributed by atoms with E-state index >= 15 is 0 Å². The molecule has 3 nitrogen and oxygen atoms in total. The Bertz CT molecular complexity index is 486. The molecule has 0 fully saturated rings. The summed E-state index contributed by atoms with van der Waals surface area (Å²) in [6.45, 7) is 5.29. The van der Waals surface area contributed by atoms with Crippen LogP contribution in [0.25, 0.3) is 0 Å². The van der Waals surface area contributed by atoms with Crippen molar-refractivity contribution in [3.05, 3.63) is 28.5 Å². The molecule has 1 aromatic rings. The van der Waals surface area contributed by atoms with Gasteiger partial charge in [-0.2, -0.15) is 4.40 Å². The maximum atomic E-state index is 12.5. The maximum absolute atomic E-state index is 12.5. The molecule has 0 aliphatic rings. The molecular formula is C11H13ClF2N2OS. The average Bonchev–Trinajstić information content (AvgIpc) is 2.25. The van der Waals surface area contributed by atoms with E-state index in [1.54, 1.807) is 20.8 Å². The first-order valence-electron chi connectivity index (χ1n) is 5.12. The third-order valence-corrected chi connectivity index (χ3v) is 3.72. The van der Waals surface area contributed by atoms with Crippen LogP contribution in [0.15, 0.2) is 16.7 Å². The number of hydrogen-bond acceptors (Lipinski definition) is 2. The Morgan fingerprint density at radius 3 is 2.61 bits per heavy atom. The summed E-state index contributed by atoms with van der Waals surface area (Å²) in [6.07, 6.45) is -0.301. The number of hydrogen-bond donors (Lipinski definition) is 0. The molecule has 7 heteroatoms. The lowest BCUT2D eigenvalue weighted by Crippen LogP contribution is -2.19. The van der Waals surface area contributed by atoms with Crippen molar-refractivity contribution in [2.45, 2.75) is 31.9 Å². The van der Waals surface area contributed by atoms with Crippen molar-refractivity contribution >= 4 is 28.8 Å². The molecule has 0 aliphatic heterocycles. The molecule has 1 heterocycles. The highest BCUT2D eigenvalue weighted by Gasteiger charge is 2.19. The van der Waals surface area contributed by atoms with E-state index in [9.17, 15) is 13.0 Å². The number of halogens is 3. The van der Waals surface area contributed by atoms with E-state index in [4.69, 9.17) is 11.6 Å². The summed E-state index contributed by atoms with van der Waals surface area (Å²) in [7, 11) is -1.46. The summed E-state index contributed by atoms with van der Waals surface area (Å²) in [5, 5.41) is -0.165. The van der Waals surface area contributed by atoms with Crippen molar-refractivity contribution < 1.29 is 13.0 Å². The molecule has 0 radical (unpaired) electrons. The highest BCUT2D eigenvalue weighted by Crippen LogP contribution is 2.26. The minimum absolute atomic E-state index is 0.165. The van der Waals surface area contributed by atoms with E-state index in [1.807, 2.05) is 0 Å². The Kier molecular flexibility index (Phi) is 4.92. The molecule has 0 aliphatic carbocycles. The molecule has 1 rings (SSSR count). The third-order valence-electron chi connectivity index (χ3n) is 1.96. The smallest absolute Gasteiger partial charge is 0.254 e. The van der Waals surface area contributed by atoms with Gasteiger partial charge in [-0.15, -0.1) is 0 Å². The molecule has 0 unspecified atom stereocenters. The molecule has 18 heavy (non-hydrogen) atoms. The molecule has 1 atom stereocenters. The van der Waals surface area contributed by atoms with Crippen molar-refractivity contribution in [3.8, 4) is 0 Å². The Hall–Kier alpha value is -0.880. The zero-order valence-electron chi connectivity index (χ0n) is 10.2. The lowest BCUT2D eigenvalue weighted by atomic mass is 10.2. The molecule has 0 aromatic carbocycles. The number of nitrogens with zero attached hydrogens (tertiary/aromatic N) is 2. The Balaban J connectivity index is 3.03. The molecule has 0 bridgehead atoms. The zero-order valence-corrected chi connectivity index (χ0v) is 11.7. The van der Waals surface area contributed by atoms with Crippen molar-refractivity contribution in [2.24, 2.45) is 4.40 Å². The van der Waals surface area contributed by atoms with Crippen LogP contribution in [0, 0.1) is 0 Å². The van der Waals surface area contributed by atoms with Crippen LogP contribution in [0.1, 0.15) is 38.5 Å². The minimum Gasteiger partial charge on any atom is -0.254 e. The van der Waals surface area contributed by atoms with Gasteiger partial charge in [0.2, 0.25) is 0 Å². The van der Waals surface area contributed by atoms with Gasteiger partial charge in [0.1, 0.15) is 16.7 Å². The Morgan fingerprint density at radius 1 is 1.50 bits per heavy atom. The first-order valence-corrected chi connectivity index (χ1v) is 6.60. The van der Waals surface area contributed by atoms with Gasteiger partial charge >= 0.3 is 0 Å². The fourth-order valence-electron chi connectivity index (χ4n) is 0.990. The van der Waals surface area contributed by atoms with Crippen LogP contribution >= 0.6 is 11.6 Å². The fourth-order valence-corrected chi connectivity index (χ4v) is 1.76. The summed E-state index contributed by atoms with van der Waals surface area (Å²) in [6, 6.07) is 1.44. The molecule has 0 spiro atoms. The van der Waals surface area contributed by atoms with Gasteiger partial charge < -0.3 is 0 Å². The van der Waals surface area contributed by atoms with Gasteiger partial charge in [-0.3, -0.25) is 4.98 Å². The van der Waals surface area contributed by atoms with Gasteiger partial charge in [0.25, 0.3) is 6.43 Å². The fraction of sp³-hybridized carbons (Fsp3) is 0.455. The number of pyridine rings is 1. The second kappa shape index (κ2) is 5.84. The van der Waals surface area contributed by atoms with Gasteiger partial charge in [-0.25, -0.2) is 13.0 Å². The van der Waals surface area contributed by atoms with Crippen LogP contribution in [-0.2, 0) is 11.0 Å². The van der Waals surface area contributed by atoms with Crippen LogP contribution < -0.4 is 0 Å². The van der Waals surface area contributed by atoms with Crippen LogP contribution in [0.5, 0.6) is 0 Å². The van der Waals surface area contributed by atoms with Crippen molar-refractivity contribution in [1.82, 2.24) is 4.98 Å². The largest absolute Gasteiger partial charge is 0.281 e. The lowest BCUT2D eigenvalue weighted by Gasteiger charge is -2.12. The molecule has 0 saturated heterocycles. The SMILES string of the molecule is CC(C)(C)[S@](=O)N=Cc1ccnc(C(F)F)c1Cl. The summed E-state index contributed by atoms with van der Waals surface area (Å²) < 4.78 is 40.1. The van der Waals surface area contributed by atoms with E-state index in [1.165, 1.54) is 18.5 Å². The van der Waals surface area contributed by atoms with Gasteiger partial charge in [-0.05, 0) is 26.8 Å². The quantitative estimate of drug-likeness (QED) is 0.800. The van der Waals surface area contributed by atoms with Crippen molar-refractivity contribution in [3.63, 3.8) is 0 Å². The standard InChI is InChI=1S/C11H13ClF2N2OS/c1-11(2,3)18(17)16-6-7-4-5-15-9(8(7)12)10(13)14/h4-6,10H,1-3H3/t18-/m0/s1. The predicted molar refractivity (Wildman–Crippen MR) is 69.7 cm³/mol. The van der Waals surface area contributed by atoms with Gasteiger partial charge in [-0.1, -0.05) is 11.6 Å². The summed E-state index contributed by atoms with van der Waals surface area (Å²) in [5.74, 6) is 0. The van der Waals surface area contributed by atoms with Crippen LogP contribution in [0.2, 0.25) is 5.02 Å². The molecule has 0 amide bonds. The lowest BCUT2D eigenvalue weighted by molar-refractivity contribution is 0.146. The maximum Gasteiger partial charge on any atom is 0.281 e.